The van der Waals surface area contributed by atoms with Crippen molar-refractivity contribution in [2.75, 3.05) is 13.2 Å². The number of pyridine rings is 1. The molecule has 0 amide bonds. The van der Waals surface area contributed by atoms with Gasteiger partial charge in [-0.05, 0) is 112 Å². The number of benzene rings is 4. The van der Waals surface area contributed by atoms with E-state index in [-0.39, 0.29) is 0 Å². The van der Waals surface area contributed by atoms with Crippen molar-refractivity contribution in [3.05, 3.63) is 114 Å². The van der Waals surface area contributed by atoms with E-state index in [1.165, 1.54) is 116 Å². The van der Waals surface area contributed by atoms with E-state index in [4.69, 9.17) is 33.9 Å². The molecule has 0 aliphatic rings. The number of hydrogen-bond acceptors (Lipinski definition) is 9. The van der Waals surface area contributed by atoms with Gasteiger partial charge in [-0.2, -0.15) is 0 Å². The molecule has 72 heavy (non-hydrogen) atoms. The summed E-state index contributed by atoms with van der Waals surface area (Å²) in [6, 6.07) is 31.2. The molecule has 0 fully saturated rings. The van der Waals surface area contributed by atoms with Gasteiger partial charge in [-0.15, -0.1) is 0 Å². The molecule has 4 aromatic carbocycles. The zero-order valence-electron chi connectivity index (χ0n) is 43.5. The summed E-state index contributed by atoms with van der Waals surface area (Å²) in [5, 5.41) is 0. The second-order valence-electron chi connectivity index (χ2n) is 19.0. The van der Waals surface area contributed by atoms with Gasteiger partial charge in [0.15, 0.2) is 11.6 Å². The van der Waals surface area contributed by atoms with Crippen molar-refractivity contribution in [3.8, 4) is 46.0 Å². The van der Waals surface area contributed by atoms with Gasteiger partial charge >= 0.3 is 11.9 Å². The number of unbranched alkanes of at least 4 members (excludes halogenated alkanes) is 18. The molecular formula is C61H77N5O6. The van der Waals surface area contributed by atoms with Crippen molar-refractivity contribution >= 4 is 34.0 Å². The van der Waals surface area contributed by atoms with E-state index in [9.17, 15) is 9.59 Å². The quantitative estimate of drug-likeness (QED) is 0.0231. The molecule has 0 aliphatic heterocycles. The van der Waals surface area contributed by atoms with Crippen LogP contribution >= 0.6 is 0 Å². The fourth-order valence-electron chi connectivity index (χ4n) is 9.33. The highest BCUT2D eigenvalue weighted by molar-refractivity contribution is 5.93. The first-order valence-corrected chi connectivity index (χ1v) is 27.3. The van der Waals surface area contributed by atoms with Crippen LogP contribution in [0.3, 0.4) is 0 Å². The van der Waals surface area contributed by atoms with E-state index in [1.54, 1.807) is 48.5 Å². The van der Waals surface area contributed by atoms with Gasteiger partial charge in [-0.3, -0.25) is 0 Å². The van der Waals surface area contributed by atoms with Gasteiger partial charge < -0.3 is 28.1 Å². The van der Waals surface area contributed by atoms with Crippen LogP contribution in [0.1, 0.15) is 177 Å². The standard InChI is InChI=1S/C61H77N5O6/c1-5-9-11-13-15-17-19-21-23-25-42-69-48-34-30-46(31-35-48)60(67)71-50-38-40-56-54(44-50)63-58(65(56)7-3)52-28-27-29-53(62-52)59-64-55-45-51(39-41-57(55)66(59)8-4)72-61(68)47-32-36-49(37-33-47)70-43-26-24-22-20-18-16-14-12-10-6-2/h27-41,44-45H,5-26,42-43H2,1-4H3. The zero-order valence-corrected chi connectivity index (χ0v) is 43.5. The van der Waals surface area contributed by atoms with Gasteiger partial charge in [-0.1, -0.05) is 135 Å². The number of esters is 2. The molecule has 11 heteroatoms. The third-order valence-electron chi connectivity index (χ3n) is 13.4. The van der Waals surface area contributed by atoms with Crippen molar-refractivity contribution < 1.29 is 28.5 Å². The molecule has 7 rings (SSSR count). The van der Waals surface area contributed by atoms with Crippen molar-refractivity contribution in [2.45, 2.75) is 169 Å². The molecule has 3 aromatic heterocycles. The number of carbonyl (C=O) groups excluding carboxylic acids is 2. The van der Waals surface area contributed by atoms with Gasteiger partial charge in [0.1, 0.15) is 34.4 Å². The van der Waals surface area contributed by atoms with E-state index in [0.717, 1.165) is 35.4 Å². The van der Waals surface area contributed by atoms with Gasteiger partial charge in [0, 0.05) is 25.2 Å². The Hall–Kier alpha value is -6.49. The summed E-state index contributed by atoms with van der Waals surface area (Å²) in [7, 11) is 0. The third-order valence-corrected chi connectivity index (χ3v) is 13.4. The van der Waals surface area contributed by atoms with Crippen LogP contribution in [0, 0.1) is 0 Å². The number of ether oxygens (including phenoxy) is 4. The highest BCUT2D eigenvalue weighted by atomic mass is 16.5. The monoisotopic (exact) mass is 976 g/mol. The third kappa shape index (κ3) is 15.3. The smallest absolute Gasteiger partial charge is 0.343 e. The number of carbonyl (C=O) groups is 2. The van der Waals surface area contributed by atoms with E-state index in [1.807, 2.05) is 54.6 Å². The van der Waals surface area contributed by atoms with Gasteiger partial charge in [0.2, 0.25) is 0 Å². The highest BCUT2D eigenvalue weighted by Gasteiger charge is 2.19. The molecule has 0 atom stereocenters. The van der Waals surface area contributed by atoms with Crippen molar-refractivity contribution in [1.82, 2.24) is 24.1 Å². The zero-order chi connectivity index (χ0) is 50.3. The SMILES string of the molecule is CCCCCCCCCCCCOc1ccc(C(=O)Oc2ccc3c(c2)nc(-c2cccc(-c4nc5cc(OC(=O)c6ccc(OCCCCCCCCCCCC)cc6)ccc5n4CC)n2)n3CC)cc1. The summed E-state index contributed by atoms with van der Waals surface area (Å²) in [5.41, 5.74) is 5.42. The van der Waals surface area contributed by atoms with E-state index in [0.29, 0.717) is 83.0 Å². The molecule has 382 valence electrons. The Labute approximate surface area is 427 Å². The predicted molar refractivity (Wildman–Crippen MR) is 291 cm³/mol. The maximum Gasteiger partial charge on any atom is 0.343 e. The molecule has 0 N–H and O–H groups in total. The van der Waals surface area contributed by atoms with Gasteiger partial charge in [0.25, 0.3) is 0 Å². The Morgan fingerprint density at radius 1 is 0.403 bits per heavy atom. The predicted octanol–water partition coefficient (Wildman–Crippen LogP) is 16.2. The molecule has 0 unspecified atom stereocenters. The minimum absolute atomic E-state index is 0.405. The number of aryl methyl sites for hydroxylation is 2. The van der Waals surface area contributed by atoms with Crippen LogP contribution in [0.15, 0.2) is 103 Å². The lowest BCUT2D eigenvalue weighted by Crippen LogP contribution is -2.08. The molecule has 11 nitrogen and oxygen atoms in total. The second-order valence-corrected chi connectivity index (χ2v) is 19.0. The van der Waals surface area contributed by atoms with E-state index in [2.05, 4.69) is 36.8 Å². The van der Waals surface area contributed by atoms with Crippen LogP contribution in [-0.2, 0) is 13.1 Å². The van der Waals surface area contributed by atoms with Gasteiger partial charge in [-0.25, -0.2) is 24.5 Å². The lowest BCUT2D eigenvalue weighted by atomic mass is 10.1. The molecule has 3 heterocycles. The normalized spacial score (nSPS) is 11.4. The first kappa shape index (κ1) is 53.3. The molecule has 7 aromatic rings. The summed E-state index contributed by atoms with van der Waals surface area (Å²) < 4.78 is 27.8. The van der Waals surface area contributed by atoms with Crippen LogP contribution in [0.2, 0.25) is 0 Å². The first-order valence-electron chi connectivity index (χ1n) is 27.3. The number of rotatable bonds is 32. The van der Waals surface area contributed by atoms with Gasteiger partial charge in [0.05, 0.1) is 46.4 Å². The topological polar surface area (TPSA) is 120 Å². The van der Waals surface area contributed by atoms with Crippen molar-refractivity contribution in [2.24, 2.45) is 0 Å². The molecule has 0 aliphatic carbocycles. The lowest BCUT2D eigenvalue weighted by Gasteiger charge is -2.09. The van der Waals surface area contributed by atoms with E-state index < -0.39 is 11.9 Å². The molecule has 0 saturated carbocycles. The Kier molecular flexibility index (Phi) is 21.1. The molecule has 0 saturated heterocycles. The van der Waals surface area contributed by atoms with Crippen LogP contribution in [0.25, 0.3) is 45.1 Å². The largest absolute Gasteiger partial charge is 0.494 e. The fraction of sp³-hybridized carbons (Fsp3) is 0.459. The summed E-state index contributed by atoms with van der Waals surface area (Å²) in [4.78, 5) is 41.6. The second kappa shape index (κ2) is 28.5. The minimum Gasteiger partial charge on any atom is -0.494 e. The lowest BCUT2D eigenvalue weighted by molar-refractivity contribution is 0.0725. The molecule has 0 spiro atoms. The fourth-order valence-corrected chi connectivity index (χ4v) is 9.33. The Morgan fingerprint density at radius 3 is 1.11 bits per heavy atom. The van der Waals surface area contributed by atoms with Crippen molar-refractivity contribution in [1.29, 1.82) is 0 Å². The number of nitrogens with zero attached hydrogens (tertiary/aromatic N) is 5. The number of aromatic nitrogens is 5. The molecule has 0 bridgehead atoms. The molecule has 0 radical (unpaired) electrons. The Balaban J connectivity index is 0.922. The van der Waals surface area contributed by atoms with Crippen LogP contribution in [-0.4, -0.2) is 49.2 Å². The average molecular weight is 976 g/mol. The maximum atomic E-state index is 13.2. The highest BCUT2D eigenvalue weighted by Crippen LogP contribution is 2.31. The first-order chi connectivity index (χ1) is 35.4. The summed E-state index contributed by atoms with van der Waals surface area (Å²) in [6.45, 7) is 11.3. The minimum atomic E-state index is -0.450. The number of hydrogen-bond donors (Lipinski definition) is 0. The number of imidazole rings is 2. The maximum absolute atomic E-state index is 13.2. The van der Waals surface area contributed by atoms with Crippen LogP contribution in [0.5, 0.6) is 23.0 Å². The Morgan fingerprint density at radius 2 is 0.750 bits per heavy atom. The van der Waals surface area contributed by atoms with Crippen LogP contribution in [0.4, 0.5) is 0 Å². The summed E-state index contributed by atoms with van der Waals surface area (Å²) >= 11 is 0. The van der Waals surface area contributed by atoms with E-state index >= 15 is 0 Å². The Bertz CT molecular complexity index is 2570. The van der Waals surface area contributed by atoms with Crippen molar-refractivity contribution in [3.63, 3.8) is 0 Å². The summed E-state index contributed by atoms with van der Waals surface area (Å²) in [6.07, 6.45) is 25.6. The summed E-state index contributed by atoms with van der Waals surface area (Å²) in [5.74, 6) is 2.78. The van der Waals surface area contributed by atoms with Crippen LogP contribution < -0.4 is 18.9 Å². The number of fused-ring (bicyclic) bond motifs is 2. The molecular weight excluding hydrogens is 899 g/mol. The average Bonchev–Trinajstić information content (AvgIpc) is 3.97.